The molecule has 1 heterocycles. The molecular weight excluding hydrogens is 236 g/mol. The van der Waals surface area contributed by atoms with Crippen LogP contribution in [0.15, 0.2) is 35.1 Å². The SMILES string of the molecule is Cc1ccc(-n2c3c(cc(CN)c2=O)CCC3)cc1. The molecule has 0 aliphatic heterocycles. The number of benzene rings is 1. The lowest BCUT2D eigenvalue weighted by molar-refractivity contribution is 0.838. The molecule has 3 heteroatoms. The number of aromatic nitrogens is 1. The highest BCUT2D eigenvalue weighted by molar-refractivity contribution is 5.41. The second-order valence-corrected chi connectivity index (χ2v) is 5.18. The molecule has 3 nitrogen and oxygen atoms in total. The van der Waals surface area contributed by atoms with Crippen molar-refractivity contribution in [2.24, 2.45) is 5.73 Å². The molecule has 0 saturated heterocycles. The predicted octanol–water partition coefficient (Wildman–Crippen LogP) is 2.09. The average molecular weight is 254 g/mol. The fraction of sp³-hybridized carbons (Fsp3) is 0.312. The molecule has 2 N–H and O–H groups in total. The summed E-state index contributed by atoms with van der Waals surface area (Å²) < 4.78 is 1.85. The first-order chi connectivity index (χ1) is 9.20. The lowest BCUT2D eigenvalue weighted by Gasteiger charge is -2.14. The summed E-state index contributed by atoms with van der Waals surface area (Å²) in [6, 6.07) is 10.1. The van der Waals surface area contributed by atoms with Crippen molar-refractivity contribution in [3.8, 4) is 5.69 Å². The molecule has 0 unspecified atom stereocenters. The minimum Gasteiger partial charge on any atom is -0.326 e. The Hall–Kier alpha value is -1.87. The maximum atomic E-state index is 12.5. The van der Waals surface area contributed by atoms with E-state index in [1.54, 1.807) is 0 Å². The van der Waals surface area contributed by atoms with Crippen molar-refractivity contribution in [3.05, 3.63) is 63.1 Å². The summed E-state index contributed by atoms with van der Waals surface area (Å²) in [5.74, 6) is 0. The molecule has 0 atom stereocenters. The third-order valence-corrected chi connectivity index (χ3v) is 3.84. The van der Waals surface area contributed by atoms with Crippen molar-refractivity contribution in [1.29, 1.82) is 0 Å². The molecule has 1 aromatic carbocycles. The van der Waals surface area contributed by atoms with Gasteiger partial charge in [-0.15, -0.1) is 0 Å². The van der Waals surface area contributed by atoms with Crippen molar-refractivity contribution in [2.45, 2.75) is 32.7 Å². The molecule has 0 radical (unpaired) electrons. The number of hydrogen-bond donors (Lipinski definition) is 1. The molecule has 1 aliphatic rings. The molecule has 1 aliphatic carbocycles. The normalized spacial score (nSPS) is 13.6. The van der Waals surface area contributed by atoms with Gasteiger partial charge in [0, 0.05) is 23.5 Å². The maximum absolute atomic E-state index is 12.5. The van der Waals surface area contributed by atoms with Crippen molar-refractivity contribution in [3.63, 3.8) is 0 Å². The van der Waals surface area contributed by atoms with Gasteiger partial charge in [0.2, 0.25) is 0 Å². The number of aryl methyl sites for hydroxylation is 2. The Labute approximate surface area is 112 Å². The van der Waals surface area contributed by atoms with Gasteiger partial charge in [0.05, 0.1) is 0 Å². The van der Waals surface area contributed by atoms with Crippen molar-refractivity contribution in [1.82, 2.24) is 4.57 Å². The number of hydrogen-bond acceptors (Lipinski definition) is 2. The van der Waals surface area contributed by atoms with E-state index >= 15 is 0 Å². The van der Waals surface area contributed by atoms with Gasteiger partial charge in [-0.25, -0.2) is 0 Å². The van der Waals surface area contributed by atoms with Crippen LogP contribution in [0, 0.1) is 6.92 Å². The largest absolute Gasteiger partial charge is 0.326 e. The van der Waals surface area contributed by atoms with Gasteiger partial charge in [-0.05, 0) is 49.9 Å². The summed E-state index contributed by atoms with van der Waals surface area (Å²) in [5.41, 5.74) is 11.0. The quantitative estimate of drug-likeness (QED) is 0.892. The first-order valence-corrected chi connectivity index (χ1v) is 6.74. The molecule has 19 heavy (non-hydrogen) atoms. The van der Waals surface area contributed by atoms with E-state index in [1.165, 1.54) is 11.1 Å². The van der Waals surface area contributed by atoms with E-state index < -0.39 is 0 Å². The van der Waals surface area contributed by atoms with Crippen LogP contribution < -0.4 is 11.3 Å². The van der Waals surface area contributed by atoms with Crippen LogP contribution in [0.1, 0.15) is 28.8 Å². The lowest BCUT2D eigenvalue weighted by Crippen LogP contribution is -2.27. The minimum absolute atomic E-state index is 0.0343. The van der Waals surface area contributed by atoms with Gasteiger partial charge in [-0.1, -0.05) is 17.7 Å². The molecule has 0 saturated carbocycles. The van der Waals surface area contributed by atoms with E-state index in [9.17, 15) is 4.79 Å². The second kappa shape index (κ2) is 4.67. The summed E-state index contributed by atoms with van der Waals surface area (Å²) in [4.78, 5) is 12.5. The van der Waals surface area contributed by atoms with Crippen LogP contribution in [0.25, 0.3) is 5.69 Å². The van der Waals surface area contributed by atoms with E-state index in [0.717, 1.165) is 30.6 Å². The molecule has 0 fully saturated rings. The molecule has 98 valence electrons. The molecule has 0 bridgehead atoms. The Bertz CT molecular complexity index is 668. The van der Waals surface area contributed by atoms with Crippen molar-refractivity contribution in [2.75, 3.05) is 0 Å². The summed E-state index contributed by atoms with van der Waals surface area (Å²) in [5, 5.41) is 0. The number of nitrogens with two attached hydrogens (primary N) is 1. The molecule has 0 spiro atoms. The fourth-order valence-electron chi connectivity index (χ4n) is 2.81. The van der Waals surface area contributed by atoms with Gasteiger partial charge in [0.15, 0.2) is 0 Å². The zero-order valence-electron chi connectivity index (χ0n) is 11.1. The monoisotopic (exact) mass is 254 g/mol. The molecule has 1 aromatic heterocycles. The first-order valence-electron chi connectivity index (χ1n) is 6.74. The topological polar surface area (TPSA) is 48.0 Å². The molecular formula is C16H18N2O. The molecule has 0 amide bonds. The van der Waals surface area contributed by atoms with Gasteiger partial charge < -0.3 is 5.73 Å². The van der Waals surface area contributed by atoms with E-state index in [4.69, 9.17) is 5.73 Å². The predicted molar refractivity (Wildman–Crippen MR) is 76.7 cm³/mol. The van der Waals surface area contributed by atoms with Crippen LogP contribution in [0.2, 0.25) is 0 Å². The zero-order valence-corrected chi connectivity index (χ0v) is 11.1. The third-order valence-electron chi connectivity index (χ3n) is 3.84. The summed E-state index contributed by atoms with van der Waals surface area (Å²) >= 11 is 0. The van der Waals surface area contributed by atoms with Crippen LogP contribution >= 0.6 is 0 Å². The van der Waals surface area contributed by atoms with E-state index in [1.807, 2.05) is 41.8 Å². The van der Waals surface area contributed by atoms with Gasteiger partial charge in [0.1, 0.15) is 0 Å². The van der Waals surface area contributed by atoms with Crippen LogP contribution in [-0.2, 0) is 19.4 Å². The number of pyridine rings is 1. The number of fused-ring (bicyclic) bond motifs is 1. The number of nitrogens with zero attached hydrogens (tertiary/aromatic N) is 1. The highest BCUT2D eigenvalue weighted by Crippen LogP contribution is 2.24. The Kier molecular flexibility index (Phi) is 2.99. The standard InChI is InChI=1S/C16H18N2O/c1-11-5-7-14(8-6-11)18-15-4-2-3-12(15)9-13(10-17)16(18)19/h5-9H,2-4,10,17H2,1H3. The molecule has 3 rings (SSSR count). The zero-order chi connectivity index (χ0) is 13.4. The summed E-state index contributed by atoms with van der Waals surface area (Å²) in [6.45, 7) is 2.35. The maximum Gasteiger partial charge on any atom is 0.259 e. The van der Waals surface area contributed by atoms with E-state index in [-0.39, 0.29) is 5.56 Å². The van der Waals surface area contributed by atoms with Gasteiger partial charge in [-0.2, -0.15) is 0 Å². The molecule has 2 aromatic rings. The Balaban J connectivity index is 2.28. The fourth-order valence-corrected chi connectivity index (χ4v) is 2.81. The van der Waals surface area contributed by atoms with E-state index in [0.29, 0.717) is 12.1 Å². The number of rotatable bonds is 2. The van der Waals surface area contributed by atoms with Crippen LogP contribution in [0.4, 0.5) is 0 Å². The van der Waals surface area contributed by atoms with Crippen molar-refractivity contribution < 1.29 is 0 Å². The van der Waals surface area contributed by atoms with Crippen LogP contribution in [-0.4, -0.2) is 4.57 Å². The van der Waals surface area contributed by atoms with Crippen LogP contribution in [0.5, 0.6) is 0 Å². The van der Waals surface area contributed by atoms with E-state index in [2.05, 4.69) is 0 Å². The Morgan fingerprint density at radius 3 is 2.63 bits per heavy atom. The van der Waals surface area contributed by atoms with Gasteiger partial charge in [-0.3, -0.25) is 9.36 Å². The highest BCUT2D eigenvalue weighted by atomic mass is 16.1. The Morgan fingerprint density at radius 1 is 1.21 bits per heavy atom. The lowest BCUT2D eigenvalue weighted by atomic mass is 10.1. The smallest absolute Gasteiger partial charge is 0.259 e. The minimum atomic E-state index is 0.0343. The average Bonchev–Trinajstić information content (AvgIpc) is 2.87. The van der Waals surface area contributed by atoms with Gasteiger partial charge >= 0.3 is 0 Å². The van der Waals surface area contributed by atoms with Crippen molar-refractivity contribution >= 4 is 0 Å². The third kappa shape index (κ3) is 2.00. The van der Waals surface area contributed by atoms with Gasteiger partial charge in [0.25, 0.3) is 5.56 Å². The highest BCUT2D eigenvalue weighted by Gasteiger charge is 2.19. The first kappa shape index (κ1) is 12.2. The second-order valence-electron chi connectivity index (χ2n) is 5.18. The summed E-state index contributed by atoms with van der Waals surface area (Å²) in [6.07, 6.45) is 3.15. The Morgan fingerprint density at radius 2 is 1.95 bits per heavy atom. The summed E-state index contributed by atoms with van der Waals surface area (Å²) in [7, 11) is 0. The van der Waals surface area contributed by atoms with Crippen LogP contribution in [0.3, 0.4) is 0 Å².